The lowest BCUT2D eigenvalue weighted by Crippen LogP contribution is -2.30. The van der Waals surface area contributed by atoms with Crippen molar-refractivity contribution in [2.75, 3.05) is 38.3 Å². The Bertz CT molecular complexity index is 416. The molecule has 0 bridgehead atoms. The second kappa shape index (κ2) is 7.60. The van der Waals surface area contributed by atoms with Crippen molar-refractivity contribution in [3.05, 3.63) is 23.4 Å². The zero-order valence-corrected chi connectivity index (χ0v) is 13.0. The van der Waals surface area contributed by atoms with E-state index in [1.807, 2.05) is 0 Å². The molecule has 4 heteroatoms. The van der Waals surface area contributed by atoms with Crippen LogP contribution in [-0.2, 0) is 11.3 Å². The Morgan fingerprint density at radius 3 is 2.75 bits per heavy atom. The number of aryl methyl sites for hydroxylation is 1. The number of anilines is 1. The highest BCUT2D eigenvalue weighted by molar-refractivity contribution is 5.40. The number of aromatic nitrogens is 1. The van der Waals surface area contributed by atoms with Crippen LogP contribution >= 0.6 is 0 Å². The number of nitrogens with zero attached hydrogens (tertiary/aromatic N) is 2. The van der Waals surface area contributed by atoms with Gasteiger partial charge in [-0.05, 0) is 43.9 Å². The third kappa shape index (κ3) is 4.18. The molecule has 4 nitrogen and oxygen atoms in total. The number of rotatable bonds is 6. The van der Waals surface area contributed by atoms with Gasteiger partial charge in [-0.2, -0.15) is 0 Å². The Balaban J connectivity index is 1.95. The van der Waals surface area contributed by atoms with E-state index in [4.69, 9.17) is 9.72 Å². The molecule has 1 aliphatic heterocycles. The summed E-state index contributed by atoms with van der Waals surface area (Å²) in [6.45, 7) is 9.00. The van der Waals surface area contributed by atoms with Gasteiger partial charge in [0.1, 0.15) is 5.82 Å². The van der Waals surface area contributed by atoms with Crippen LogP contribution in [-0.4, -0.2) is 38.3 Å². The summed E-state index contributed by atoms with van der Waals surface area (Å²) in [6, 6.07) is 4.33. The van der Waals surface area contributed by atoms with Crippen molar-refractivity contribution < 1.29 is 4.74 Å². The Morgan fingerprint density at radius 2 is 2.10 bits per heavy atom. The highest BCUT2D eigenvalue weighted by atomic mass is 16.5. The van der Waals surface area contributed by atoms with Gasteiger partial charge >= 0.3 is 0 Å². The van der Waals surface area contributed by atoms with Crippen molar-refractivity contribution >= 4 is 5.82 Å². The van der Waals surface area contributed by atoms with E-state index >= 15 is 0 Å². The summed E-state index contributed by atoms with van der Waals surface area (Å²) in [7, 11) is 2.14. The molecule has 2 heterocycles. The Morgan fingerprint density at radius 1 is 1.35 bits per heavy atom. The molecule has 0 atom stereocenters. The molecule has 0 aliphatic carbocycles. The van der Waals surface area contributed by atoms with Gasteiger partial charge in [-0.1, -0.05) is 13.0 Å². The molecule has 1 saturated heterocycles. The fourth-order valence-corrected chi connectivity index (χ4v) is 2.65. The van der Waals surface area contributed by atoms with Gasteiger partial charge in [-0.15, -0.1) is 0 Å². The first-order chi connectivity index (χ1) is 9.70. The van der Waals surface area contributed by atoms with Crippen molar-refractivity contribution in [2.45, 2.75) is 33.2 Å². The average molecular weight is 277 g/mol. The Labute approximate surface area is 122 Å². The van der Waals surface area contributed by atoms with Crippen LogP contribution in [0.1, 0.15) is 31.0 Å². The number of hydrogen-bond donors (Lipinski definition) is 1. The van der Waals surface area contributed by atoms with Crippen LogP contribution in [0, 0.1) is 12.8 Å². The Hall–Kier alpha value is -1.13. The van der Waals surface area contributed by atoms with Gasteiger partial charge in [0.25, 0.3) is 0 Å². The molecule has 1 aromatic rings. The molecule has 1 aliphatic rings. The highest BCUT2D eigenvalue weighted by Crippen LogP contribution is 2.19. The standard InChI is InChI=1S/C16H27N3O/c1-4-17-11-15-5-6-16(18-13(15)2)19(3)12-14-7-9-20-10-8-14/h5-6,14,17H,4,7-12H2,1-3H3. The predicted octanol–water partition coefficient (Wildman–Crippen LogP) is 2.36. The van der Waals surface area contributed by atoms with E-state index in [2.05, 4.69) is 43.2 Å². The fourth-order valence-electron chi connectivity index (χ4n) is 2.65. The lowest BCUT2D eigenvalue weighted by Gasteiger charge is -2.28. The van der Waals surface area contributed by atoms with Crippen LogP contribution in [0.15, 0.2) is 12.1 Å². The second-order valence-corrected chi connectivity index (χ2v) is 5.63. The predicted molar refractivity (Wildman–Crippen MR) is 83.2 cm³/mol. The van der Waals surface area contributed by atoms with Gasteiger partial charge in [0.15, 0.2) is 0 Å². The van der Waals surface area contributed by atoms with Gasteiger partial charge < -0.3 is 15.0 Å². The smallest absolute Gasteiger partial charge is 0.128 e. The summed E-state index contributed by atoms with van der Waals surface area (Å²) >= 11 is 0. The lowest BCUT2D eigenvalue weighted by molar-refractivity contribution is 0.0685. The lowest BCUT2D eigenvalue weighted by atomic mass is 10.00. The maximum absolute atomic E-state index is 5.42. The summed E-state index contributed by atoms with van der Waals surface area (Å²) in [6.07, 6.45) is 2.34. The second-order valence-electron chi connectivity index (χ2n) is 5.63. The summed E-state index contributed by atoms with van der Waals surface area (Å²) < 4.78 is 5.42. The molecule has 1 N–H and O–H groups in total. The summed E-state index contributed by atoms with van der Waals surface area (Å²) in [5, 5.41) is 3.35. The molecule has 2 rings (SSSR count). The van der Waals surface area contributed by atoms with Crippen LogP contribution in [0.4, 0.5) is 5.82 Å². The van der Waals surface area contributed by atoms with E-state index in [0.717, 1.165) is 50.3 Å². The first-order valence-electron chi connectivity index (χ1n) is 7.66. The van der Waals surface area contributed by atoms with E-state index in [0.29, 0.717) is 0 Å². The van der Waals surface area contributed by atoms with Crippen molar-refractivity contribution in [3.63, 3.8) is 0 Å². The van der Waals surface area contributed by atoms with E-state index in [1.54, 1.807) is 0 Å². The van der Waals surface area contributed by atoms with Gasteiger partial charge in [-0.25, -0.2) is 4.98 Å². The van der Waals surface area contributed by atoms with Crippen LogP contribution in [0.3, 0.4) is 0 Å². The van der Waals surface area contributed by atoms with E-state index in [9.17, 15) is 0 Å². The van der Waals surface area contributed by atoms with Crippen LogP contribution < -0.4 is 10.2 Å². The molecular weight excluding hydrogens is 250 g/mol. The normalized spacial score (nSPS) is 16.4. The minimum Gasteiger partial charge on any atom is -0.381 e. The average Bonchev–Trinajstić information content (AvgIpc) is 2.47. The third-order valence-electron chi connectivity index (χ3n) is 4.01. The number of pyridine rings is 1. The number of nitrogens with one attached hydrogen (secondary N) is 1. The zero-order valence-electron chi connectivity index (χ0n) is 13.0. The summed E-state index contributed by atoms with van der Waals surface area (Å²) in [5.74, 6) is 1.81. The van der Waals surface area contributed by atoms with Crippen molar-refractivity contribution in [1.82, 2.24) is 10.3 Å². The first-order valence-corrected chi connectivity index (χ1v) is 7.66. The van der Waals surface area contributed by atoms with Crippen LogP contribution in [0.25, 0.3) is 0 Å². The minimum absolute atomic E-state index is 0.734. The molecule has 1 fully saturated rings. The molecule has 112 valence electrons. The van der Waals surface area contributed by atoms with Crippen molar-refractivity contribution in [2.24, 2.45) is 5.92 Å². The molecule has 0 unspecified atom stereocenters. The molecule has 0 amide bonds. The van der Waals surface area contributed by atoms with Gasteiger partial charge in [0.05, 0.1) is 0 Å². The molecule has 0 aromatic carbocycles. The molecule has 1 aromatic heterocycles. The SMILES string of the molecule is CCNCc1ccc(N(C)CC2CCOCC2)nc1C. The first kappa shape index (κ1) is 15.3. The molecule has 0 spiro atoms. The largest absolute Gasteiger partial charge is 0.381 e. The quantitative estimate of drug-likeness (QED) is 0.866. The van der Waals surface area contributed by atoms with Gasteiger partial charge in [-0.3, -0.25) is 0 Å². The minimum atomic E-state index is 0.734. The van der Waals surface area contributed by atoms with Crippen LogP contribution in [0.5, 0.6) is 0 Å². The third-order valence-corrected chi connectivity index (χ3v) is 4.01. The topological polar surface area (TPSA) is 37.4 Å². The Kier molecular flexibility index (Phi) is 5.80. The maximum Gasteiger partial charge on any atom is 0.128 e. The maximum atomic E-state index is 5.42. The molecule has 0 radical (unpaired) electrons. The fraction of sp³-hybridized carbons (Fsp3) is 0.688. The van der Waals surface area contributed by atoms with E-state index in [1.165, 1.54) is 18.4 Å². The summed E-state index contributed by atoms with van der Waals surface area (Å²) in [5.41, 5.74) is 2.41. The highest BCUT2D eigenvalue weighted by Gasteiger charge is 2.16. The number of hydrogen-bond acceptors (Lipinski definition) is 4. The van der Waals surface area contributed by atoms with E-state index < -0.39 is 0 Å². The van der Waals surface area contributed by atoms with Crippen LogP contribution in [0.2, 0.25) is 0 Å². The van der Waals surface area contributed by atoms with Crippen molar-refractivity contribution in [3.8, 4) is 0 Å². The zero-order chi connectivity index (χ0) is 14.4. The van der Waals surface area contributed by atoms with Gasteiger partial charge in [0.2, 0.25) is 0 Å². The van der Waals surface area contributed by atoms with Gasteiger partial charge in [0, 0.05) is 39.0 Å². The molecular formula is C16H27N3O. The monoisotopic (exact) mass is 277 g/mol. The number of ether oxygens (including phenoxy) is 1. The van der Waals surface area contributed by atoms with E-state index in [-0.39, 0.29) is 0 Å². The summed E-state index contributed by atoms with van der Waals surface area (Å²) in [4.78, 5) is 7.02. The molecule has 20 heavy (non-hydrogen) atoms. The molecule has 0 saturated carbocycles. The van der Waals surface area contributed by atoms with Crippen molar-refractivity contribution in [1.29, 1.82) is 0 Å².